The first-order chi connectivity index (χ1) is 15.1. The second kappa shape index (κ2) is 8.58. The quantitative estimate of drug-likeness (QED) is 0.702. The Bertz CT molecular complexity index is 934. The Morgan fingerprint density at radius 2 is 1.90 bits per heavy atom. The highest BCUT2D eigenvalue weighted by molar-refractivity contribution is 5.69. The van der Waals surface area contributed by atoms with Crippen LogP contribution in [-0.2, 0) is 16.6 Å². The van der Waals surface area contributed by atoms with Crippen LogP contribution in [0.3, 0.4) is 0 Å². The van der Waals surface area contributed by atoms with Gasteiger partial charge in [0.25, 0.3) is 0 Å². The van der Waals surface area contributed by atoms with E-state index in [2.05, 4.69) is 22.3 Å². The Balaban J connectivity index is 1.43. The molecular weight excluding hydrogens is 388 g/mol. The first-order valence-electron chi connectivity index (χ1n) is 11.8. The number of hydrogen-bond acceptors (Lipinski definition) is 5. The predicted molar refractivity (Wildman–Crippen MR) is 121 cm³/mol. The zero-order valence-electron chi connectivity index (χ0n) is 18.1. The molecule has 0 bridgehead atoms. The average Bonchev–Trinajstić information content (AvgIpc) is 3.10. The molecule has 2 aliphatic carbocycles. The van der Waals surface area contributed by atoms with Crippen LogP contribution in [-0.4, -0.2) is 52.1 Å². The Labute approximate surface area is 184 Å². The number of carbonyl (C=O) groups is 1. The minimum Gasteiger partial charge on any atom is -0.480 e. The largest absolute Gasteiger partial charge is 0.480 e. The van der Waals surface area contributed by atoms with Crippen molar-refractivity contribution in [2.45, 2.75) is 56.8 Å². The van der Waals surface area contributed by atoms with Gasteiger partial charge >= 0.3 is 5.97 Å². The van der Waals surface area contributed by atoms with E-state index in [9.17, 15) is 4.79 Å². The van der Waals surface area contributed by atoms with Crippen molar-refractivity contribution in [3.63, 3.8) is 0 Å². The second-order valence-corrected chi connectivity index (χ2v) is 9.55. The number of aromatic nitrogens is 2. The predicted octanol–water partition coefficient (Wildman–Crippen LogP) is 4.11. The molecule has 6 heteroatoms. The molecule has 1 saturated heterocycles. The average molecular weight is 421 g/mol. The van der Waals surface area contributed by atoms with Gasteiger partial charge in [0.05, 0.1) is 12.2 Å². The van der Waals surface area contributed by atoms with Crippen LogP contribution < -0.4 is 5.32 Å². The third-order valence-corrected chi connectivity index (χ3v) is 7.64. The molecule has 1 aliphatic heterocycles. The standard InChI is InChI=1S/C25H32N4O2/c30-21(31)17-29-15-12-25(13-16-29)11-9-20-22(25)27-23(19-7-2-1-3-8-19)28-24(20)26-14-10-18-5-4-6-18/h1-3,7-8,18H,4-6,9-17H2,(H,30,31)(H,26,27,28). The fourth-order valence-corrected chi connectivity index (χ4v) is 5.50. The van der Waals surface area contributed by atoms with E-state index in [0.717, 1.165) is 68.4 Å². The molecule has 3 aliphatic rings. The van der Waals surface area contributed by atoms with Crippen molar-refractivity contribution >= 4 is 11.8 Å². The Morgan fingerprint density at radius 3 is 2.58 bits per heavy atom. The molecule has 1 saturated carbocycles. The number of aliphatic carboxylic acids is 1. The highest BCUT2D eigenvalue weighted by Gasteiger charge is 2.44. The van der Waals surface area contributed by atoms with E-state index in [1.165, 1.54) is 36.9 Å². The van der Waals surface area contributed by atoms with Gasteiger partial charge in [-0.2, -0.15) is 0 Å². The van der Waals surface area contributed by atoms with Crippen molar-refractivity contribution in [2.24, 2.45) is 5.92 Å². The Morgan fingerprint density at radius 1 is 1.13 bits per heavy atom. The van der Waals surface area contributed by atoms with Gasteiger partial charge in [0.2, 0.25) is 0 Å². The van der Waals surface area contributed by atoms with Gasteiger partial charge in [-0.15, -0.1) is 0 Å². The molecule has 1 aromatic carbocycles. The SMILES string of the molecule is O=C(O)CN1CCC2(CCc3c(NCCC4CCC4)nc(-c4ccccc4)nc32)CC1. The van der Waals surface area contributed by atoms with E-state index in [0.29, 0.717) is 0 Å². The zero-order chi connectivity index (χ0) is 21.3. The molecule has 0 atom stereocenters. The summed E-state index contributed by atoms with van der Waals surface area (Å²) in [5.41, 5.74) is 3.61. The second-order valence-electron chi connectivity index (χ2n) is 9.55. The molecule has 2 heterocycles. The number of carboxylic acids is 1. The zero-order valence-corrected chi connectivity index (χ0v) is 18.1. The van der Waals surface area contributed by atoms with Crippen molar-refractivity contribution in [3.05, 3.63) is 41.6 Å². The minimum absolute atomic E-state index is 0.0568. The number of nitrogens with zero attached hydrogens (tertiary/aromatic N) is 3. The number of likely N-dealkylation sites (tertiary alicyclic amines) is 1. The number of benzene rings is 1. The summed E-state index contributed by atoms with van der Waals surface area (Å²) in [6.07, 6.45) is 9.38. The summed E-state index contributed by atoms with van der Waals surface area (Å²) < 4.78 is 0. The summed E-state index contributed by atoms with van der Waals surface area (Å²) in [4.78, 5) is 23.3. The molecule has 2 N–H and O–H groups in total. The van der Waals surface area contributed by atoms with Crippen LogP contribution in [0.5, 0.6) is 0 Å². The van der Waals surface area contributed by atoms with Crippen LogP contribution in [0.2, 0.25) is 0 Å². The number of rotatable bonds is 7. The van der Waals surface area contributed by atoms with Crippen LogP contribution in [0.25, 0.3) is 11.4 Å². The molecule has 0 radical (unpaired) electrons. The van der Waals surface area contributed by atoms with Crippen molar-refractivity contribution in [1.82, 2.24) is 14.9 Å². The van der Waals surface area contributed by atoms with Crippen molar-refractivity contribution < 1.29 is 9.90 Å². The lowest BCUT2D eigenvalue weighted by Gasteiger charge is -2.39. The molecule has 1 spiro atoms. The maximum Gasteiger partial charge on any atom is 0.317 e. The van der Waals surface area contributed by atoms with Crippen molar-refractivity contribution in [1.29, 1.82) is 0 Å². The number of fused-ring (bicyclic) bond motifs is 2. The third-order valence-electron chi connectivity index (χ3n) is 7.64. The molecule has 31 heavy (non-hydrogen) atoms. The summed E-state index contributed by atoms with van der Waals surface area (Å²) in [7, 11) is 0. The monoisotopic (exact) mass is 420 g/mol. The van der Waals surface area contributed by atoms with Crippen LogP contribution in [0.4, 0.5) is 5.82 Å². The normalized spacial score (nSPS) is 20.4. The molecule has 2 fully saturated rings. The number of piperidine rings is 1. The van der Waals surface area contributed by atoms with Crippen LogP contribution in [0.15, 0.2) is 30.3 Å². The summed E-state index contributed by atoms with van der Waals surface area (Å²) in [6, 6.07) is 10.3. The lowest BCUT2D eigenvalue weighted by atomic mass is 9.76. The molecule has 6 nitrogen and oxygen atoms in total. The Hall–Kier alpha value is -2.47. The summed E-state index contributed by atoms with van der Waals surface area (Å²) in [5, 5.41) is 12.8. The van der Waals surface area contributed by atoms with Gasteiger partial charge in [-0.1, -0.05) is 49.6 Å². The van der Waals surface area contributed by atoms with Gasteiger partial charge in [-0.3, -0.25) is 9.69 Å². The molecule has 0 amide bonds. The lowest BCUT2D eigenvalue weighted by Crippen LogP contribution is -2.43. The minimum atomic E-state index is -0.741. The highest BCUT2D eigenvalue weighted by atomic mass is 16.4. The maximum absolute atomic E-state index is 11.1. The fraction of sp³-hybridized carbons (Fsp3) is 0.560. The van der Waals surface area contributed by atoms with E-state index in [-0.39, 0.29) is 12.0 Å². The van der Waals surface area contributed by atoms with E-state index in [4.69, 9.17) is 15.1 Å². The maximum atomic E-state index is 11.1. The van der Waals surface area contributed by atoms with Crippen LogP contribution in [0.1, 0.15) is 56.2 Å². The summed E-state index contributed by atoms with van der Waals surface area (Å²) in [6.45, 7) is 2.75. The van der Waals surface area contributed by atoms with Gasteiger partial charge in [0.1, 0.15) is 5.82 Å². The molecule has 0 unspecified atom stereocenters. The number of hydrogen-bond donors (Lipinski definition) is 2. The molecule has 1 aromatic heterocycles. The molecule has 164 valence electrons. The van der Waals surface area contributed by atoms with Gasteiger partial charge in [-0.05, 0) is 51.1 Å². The lowest BCUT2D eigenvalue weighted by molar-refractivity contribution is -0.138. The summed E-state index contributed by atoms with van der Waals surface area (Å²) in [5.74, 6) is 1.96. The van der Waals surface area contributed by atoms with Gasteiger partial charge in [0, 0.05) is 23.1 Å². The van der Waals surface area contributed by atoms with Gasteiger partial charge in [0.15, 0.2) is 5.82 Å². The van der Waals surface area contributed by atoms with Crippen LogP contribution >= 0.6 is 0 Å². The van der Waals surface area contributed by atoms with Crippen LogP contribution in [0, 0.1) is 5.92 Å². The first-order valence-corrected chi connectivity index (χ1v) is 11.8. The Kier molecular flexibility index (Phi) is 5.65. The molecular formula is C25H32N4O2. The van der Waals surface area contributed by atoms with E-state index in [1.54, 1.807) is 0 Å². The van der Waals surface area contributed by atoms with E-state index < -0.39 is 5.97 Å². The fourth-order valence-electron chi connectivity index (χ4n) is 5.50. The van der Waals surface area contributed by atoms with Crippen molar-refractivity contribution in [3.8, 4) is 11.4 Å². The molecule has 2 aromatic rings. The number of anilines is 1. The molecule has 5 rings (SSSR count). The smallest absolute Gasteiger partial charge is 0.317 e. The van der Waals surface area contributed by atoms with Gasteiger partial charge in [-0.25, -0.2) is 9.97 Å². The number of nitrogens with one attached hydrogen (secondary N) is 1. The third kappa shape index (κ3) is 4.18. The van der Waals surface area contributed by atoms with E-state index in [1.807, 2.05) is 18.2 Å². The topological polar surface area (TPSA) is 78.4 Å². The van der Waals surface area contributed by atoms with Gasteiger partial charge < -0.3 is 10.4 Å². The number of carboxylic acid groups (broad SMARTS) is 1. The van der Waals surface area contributed by atoms with Crippen molar-refractivity contribution in [2.75, 3.05) is 31.5 Å². The highest BCUT2D eigenvalue weighted by Crippen LogP contribution is 2.47. The van der Waals surface area contributed by atoms with E-state index >= 15 is 0 Å². The summed E-state index contributed by atoms with van der Waals surface area (Å²) >= 11 is 0. The first kappa shape index (κ1) is 20.4.